The van der Waals surface area contributed by atoms with Crippen molar-refractivity contribution in [3.8, 4) is 0 Å². The quantitative estimate of drug-likeness (QED) is 0.940. The normalized spacial score (nSPS) is 10.2. The molecule has 0 radical (unpaired) electrons. The molecular weight excluding hydrogens is 268 g/mol. The average Bonchev–Trinajstić information content (AvgIpc) is 2.46. The second-order valence-electron chi connectivity index (χ2n) is 4.89. The lowest BCUT2D eigenvalue weighted by Crippen LogP contribution is -2.27. The molecular formula is C16H16N2O3. The molecule has 0 unspecified atom stereocenters. The van der Waals surface area contributed by atoms with Gasteiger partial charge in [-0.1, -0.05) is 17.7 Å². The van der Waals surface area contributed by atoms with Crippen molar-refractivity contribution in [3.63, 3.8) is 0 Å². The van der Waals surface area contributed by atoms with Gasteiger partial charge in [0, 0.05) is 24.5 Å². The molecule has 0 aliphatic heterocycles. The minimum absolute atomic E-state index is 0.144. The Balaban J connectivity index is 2.35. The molecule has 21 heavy (non-hydrogen) atoms. The van der Waals surface area contributed by atoms with Crippen molar-refractivity contribution < 1.29 is 14.7 Å². The average molecular weight is 284 g/mol. The van der Waals surface area contributed by atoms with Crippen LogP contribution >= 0.6 is 0 Å². The van der Waals surface area contributed by atoms with Gasteiger partial charge in [0.2, 0.25) is 0 Å². The highest BCUT2D eigenvalue weighted by Crippen LogP contribution is 2.21. The second kappa shape index (κ2) is 5.75. The smallest absolute Gasteiger partial charge is 0.354 e. The van der Waals surface area contributed by atoms with Crippen LogP contribution in [0.4, 0.5) is 5.69 Å². The first-order valence-corrected chi connectivity index (χ1v) is 6.45. The molecule has 5 nitrogen and oxygen atoms in total. The Morgan fingerprint density at radius 3 is 2.48 bits per heavy atom. The van der Waals surface area contributed by atoms with Crippen LogP contribution in [-0.4, -0.2) is 29.0 Å². The van der Waals surface area contributed by atoms with Crippen LogP contribution in [0.1, 0.15) is 32.0 Å². The van der Waals surface area contributed by atoms with E-state index in [1.165, 1.54) is 23.2 Å². The Morgan fingerprint density at radius 1 is 1.14 bits per heavy atom. The number of carbonyl (C=O) groups is 2. The number of aryl methyl sites for hydroxylation is 2. The van der Waals surface area contributed by atoms with Crippen molar-refractivity contribution in [2.75, 3.05) is 11.9 Å². The third-order valence-corrected chi connectivity index (χ3v) is 3.24. The molecule has 5 heteroatoms. The van der Waals surface area contributed by atoms with Gasteiger partial charge in [0.15, 0.2) is 0 Å². The molecule has 0 saturated carbocycles. The summed E-state index contributed by atoms with van der Waals surface area (Å²) in [4.78, 5) is 28.6. The van der Waals surface area contributed by atoms with Crippen molar-refractivity contribution in [2.24, 2.45) is 0 Å². The van der Waals surface area contributed by atoms with E-state index in [-0.39, 0.29) is 11.6 Å². The van der Waals surface area contributed by atoms with Gasteiger partial charge in [-0.25, -0.2) is 9.78 Å². The number of aromatic carboxylic acids is 1. The Morgan fingerprint density at radius 2 is 1.86 bits per heavy atom. The van der Waals surface area contributed by atoms with E-state index in [1.54, 1.807) is 7.05 Å². The SMILES string of the molecule is Cc1ccc(N(C)C(=O)c2ccnc(C(=O)O)c2)c(C)c1. The van der Waals surface area contributed by atoms with Crippen LogP contribution in [0, 0.1) is 13.8 Å². The molecule has 0 atom stereocenters. The fraction of sp³-hybridized carbons (Fsp3) is 0.188. The van der Waals surface area contributed by atoms with Crippen LogP contribution in [0.15, 0.2) is 36.5 Å². The van der Waals surface area contributed by atoms with Gasteiger partial charge in [-0.2, -0.15) is 0 Å². The monoisotopic (exact) mass is 284 g/mol. The van der Waals surface area contributed by atoms with Gasteiger partial charge in [-0.3, -0.25) is 4.79 Å². The number of carbonyl (C=O) groups excluding carboxylic acids is 1. The highest BCUT2D eigenvalue weighted by Gasteiger charge is 2.17. The van der Waals surface area contributed by atoms with Crippen molar-refractivity contribution >= 4 is 17.6 Å². The zero-order valence-electron chi connectivity index (χ0n) is 12.1. The van der Waals surface area contributed by atoms with Crippen molar-refractivity contribution in [1.29, 1.82) is 0 Å². The zero-order valence-corrected chi connectivity index (χ0v) is 12.1. The maximum absolute atomic E-state index is 12.5. The number of hydrogen-bond acceptors (Lipinski definition) is 3. The highest BCUT2D eigenvalue weighted by atomic mass is 16.4. The van der Waals surface area contributed by atoms with E-state index in [9.17, 15) is 9.59 Å². The summed E-state index contributed by atoms with van der Waals surface area (Å²) in [6.07, 6.45) is 1.33. The van der Waals surface area contributed by atoms with E-state index in [0.29, 0.717) is 5.56 Å². The van der Waals surface area contributed by atoms with Crippen LogP contribution < -0.4 is 4.90 Å². The van der Waals surface area contributed by atoms with Gasteiger partial charge in [0.1, 0.15) is 5.69 Å². The number of pyridine rings is 1. The van der Waals surface area contributed by atoms with Gasteiger partial charge in [-0.15, -0.1) is 0 Å². The van der Waals surface area contributed by atoms with Crippen molar-refractivity contribution in [2.45, 2.75) is 13.8 Å². The van der Waals surface area contributed by atoms with Gasteiger partial charge in [0.05, 0.1) is 0 Å². The van der Waals surface area contributed by atoms with Gasteiger partial charge in [-0.05, 0) is 37.6 Å². The molecule has 0 fully saturated rings. The molecule has 0 saturated heterocycles. The lowest BCUT2D eigenvalue weighted by Gasteiger charge is -2.20. The first-order valence-electron chi connectivity index (χ1n) is 6.45. The van der Waals surface area contributed by atoms with Crippen molar-refractivity contribution in [1.82, 2.24) is 4.98 Å². The van der Waals surface area contributed by atoms with Gasteiger partial charge < -0.3 is 10.0 Å². The third kappa shape index (κ3) is 3.08. The van der Waals surface area contributed by atoms with Gasteiger partial charge >= 0.3 is 5.97 Å². The Labute approximate surface area is 122 Å². The second-order valence-corrected chi connectivity index (χ2v) is 4.89. The lowest BCUT2D eigenvalue weighted by atomic mass is 10.1. The summed E-state index contributed by atoms with van der Waals surface area (Å²) in [6.45, 7) is 3.92. The minimum atomic E-state index is -1.15. The Kier molecular flexibility index (Phi) is 4.03. The summed E-state index contributed by atoms with van der Waals surface area (Å²) in [5, 5.41) is 8.93. The van der Waals surface area contributed by atoms with E-state index in [1.807, 2.05) is 32.0 Å². The van der Waals surface area contributed by atoms with Crippen LogP contribution in [0.2, 0.25) is 0 Å². The maximum atomic E-state index is 12.5. The molecule has 0 bridgehead atoms. The van der Waals surface area contributed by atoms with Gasteiger partial charge in [0.25, 0.3) is 5.91 Å². The molecule has 1 heterocycles. The number of nitrogens with zero attached hydrogens (tertiary/aromatic N) is 2. The number of benzene rings is 1. The minimum Gasteiger partial charge on any atom is -0.477 e. The molecule has 0 aliphatic rings. The van der Waals surface area contributed by atoms with Crippen LogP contribution in [0.5, 0.6) is 0 Å². The summed E-state index contributed by atoms with van der Waals surface area (Å²) in [6, 6.07) is 8.59. The van der Waals surface area contributed by atoms with Crippen molar-refractivity contribution in [3.05, 3.63) is 58.9 Å². The summed E-state index contributed by atoms with van der Waals surface area (Å²) >= 11 is 0. The number of rotatable bonds is 3. The molecule has 0 aliphatic carbocycles. The lowest BCUT2D eigenvalue weighted by molar-refractivity contribution is 0.0690. The van der Waals surface area contributed by atoms with E-state index in [0.717, 1.165) is 16.8 Å². The third-order valence-electron chi connectivity index (χ3n) is 3.24. The Hall–Kier alpha value is -2.69. The molecule has 1 aromatic heterocycles. The first kappa shape index (κ1) is 14.7. The zero-order chi connectivity index (χ0) is 15.6. The van der Waals surface area contributed by atoms with E-state index in [4.69, 9.17) is 5.11 Å². The van der Waals surface area contributed by atoms with Crippen LogP contribution in [0.25, 0.3) is 0 Å². The molecule has 2 aromatic rings. The first-order chi connectivity index (χ1) is 9.90. The summed E-state index contributed by atoms with van der Waals surface area (Å²) in [7, 11) is 1.67. The standard InChI is InChI=1S/C16H16N2O3/c1-10-4-5-14(11(2)8-10)18(3)15(19)12-6-7-17-13(9-12)16(20)21/h4-9H,1-3H3,(H,20,21). The van der Waals surface area contributed by atoms with Crippen LogP contribution in [-0.2, 0) is 0 Å². The molecule has 1 aromatic carbocycles. The molecule has 1 N–H and O–H groups in total. The topological polar surface area (TPSA) is 70.5 Å². The fourth-order valence-corrected chi connectivity index (χ4v) is 2.17. The molecule has 108 valence electrons. The number of carboxylic acid groups (broad SMARTS) is 1. The maximum Gasteiger partial charge on any atom is 0.354 e. The Bertz CT molecular complexity index is 710. The summed E-state index contributed by atoms with van der Waals surface area (Å²) < 4.78 is 0. The van der Waals surface area contributed by atoms with E-state index in [2.05, 4.69) is 4.98 Å². The predicted octanol–water partition coefficient (Wildman–Crippen LogP) is 2.67. The number of anilines is 1. The summed E-state index contributed by atoms with van der Waals surface area (Å²) in [5.41, 5.74) is 3.05. The number of amides is 1. The fourth-order valence-electron chi connectivity index (χ4n) is 2.17. The molecule has 0 spiro atoms. The molecule has 1 amide bonds. The predicted molar refractivity (Wildman–Crippen MR) is 79.8 cm³/mol. The van der Waals surface area contributed by atoms with E-state index < -0.39 is 5.97 Å². The summed E-state index contributed by atoms with van der Waals surface area (Å²) in [5.74, 6) is -1.43. The number of hydrogen-bond donors (Lipinski definition) is 1. The number of carboxylic acids is 1. The highest BCUT2D eigenvalue weighted by molar-refractivity contribution is 6.06. The number of aromatic nitrogens is 1. The van der Waals surface area contributed by atoms with Crippen LogP contribution in [0.3, 0.4) is 0 Å². The van der Waals surface area contributed by atoms with E-state index >= 15 is 0 Å². The largest absolute Gasteiger partial charge is 0.477 e. The molecule has 2 rings (SSSR count).